The van der Waals surface area contributed by atoms with Gasteiger partial charge in [0.2, 0.25) is 0 Å². The average Bonchev–Trinajstić information content (AvgIpc) is 2.53. The fourth-order valence-electron chi connectivity index (χ4n) is 2.02. The molecule has 0 aliphatic carbocycles. The van der Waals surface area contributed by atoms with Crippen LogP contribution in [0.3, 0.4) is 0 Å². The van der Waals surface area contributed by atoms with Crippen molar-refractivity contribution in [2.24, 2.45) is 0 Å². The largest absolute Gasteiger partial charge is 0.465 e. The van der Waals surface area contributed by atoms with Crippen molar-refractivity contribution >= 4 is 23.5 Å². The first-order valence-corrected chi connectivity index (χ1v) is 6.52. The Morgan fingerprint density at radius 1 is 0.905 bits per heavy atom. The molecule has 0 spiro atoms. The number of halogens is 1. The highest BCUT2D eigenvalue weighted by Crippen LogP contribution is 2.28. The third-order valence-corrected chi connectivity index (χ3v) is 3.27. The zero-order chi connectivity index (χ0) is 15.4. The summed E-state index contributed by atoms with van der Waals surface area (Å²) in [6.45, 7) is 0. The summed E-state index contributed by atoms with van der Waals surface area (Å²) in [4.78, 5) is 23.9. The second-order valence-electron chi connectivity index (χ2n) is 4.22. The van der Waals surface area contributed by atoms with Crippen LogP contribution in [-0.2, 0) is 9.47 Å². The highest BCUT2D eigenvalue weighted by atomic mass is 35.5. The summed E-state index contributed by atoms with van der Waals surface area (Å²) in [5.74, 6) is -1.19. The molecule has 0 aliphatic heterocycles. The van der Waals surface area contributed by atoms with Crippen LogP contribution in [0.25, 0.3) is 11.1 Å². The molecule has 0 amide bonds. The number of hydrogen-bond donors (Lipinski definition) is 0. The van der Waals surface area contributed by atoms with Gasteiger partial charge in [-0.05, 0) is 29.3 Å². The minimum Gasteiger partial charge on any atom is -0.465 e. The molecule has 21 heavy (non-hydrogen) atoms. The molecule has 0 atom stereocenters. The summed E-state index contributed by atoms with van der Waals surface area (Å²) in [7, 11) is 2.53. The second kappa shape index (κ2) is 6.41. The zero-order valence-electron chi connectivity index (χ0n) is 11.6. The molecule has 108 valence electrons. The van der Waals surface area contributed by atoms with E-state index in [4.69, 9.17) is 21.1 Å². The minimum atomic E-state index is -0.596. The number of carbonyl (C=O) groups is 2. The number of hydrogen-bond acceptors (Lipinski definition) is 4. The number of rotatable bonds is 3. The maximum absolute atomic E-state index is 12.1. The van der Waals surface area contributed by atoms with Crippen molar-refractivity contribution in [3.63, 3.8) is 0 Å². The van der Waals surface area contributed by atoms with Crippen LogP contribution in [0.15, 0.2) is 42.5 Å². The van der Waals surface area contributed by atoms with E-state index in [0.29, 0.717) is 10.6 Å². The summed E-state index contributed by atoms with van der Waals surface area (Å²) in [5.41, 5.74) is 1.68. The Kier molecular flexibility index (Phi) is 4.60. The van der Waals surface area contributed by atoms with Gasteiger partial charge in [-0.25, -0.2) is 9.59 Å². The van der Waals surface area contributed by atoms with E-state index in [2.05, 4.69) is 0 Å². The van der Waals surface area contributed by atoms with Crippen molar-refractivity contribution in [3.05, 3.63) is 58.6 Å². The monoisotopic (exact) mass is 304 g/mol. The maximum atomic E-state index is 12.1. The van der Waals surface area contributed by atoms with Crippen LogP contribution in [0.4, 0.5) is 0 Å². The van der Waals surface area contributed by atoms with Crippen LogP contribution in [-0.4, -0.2) is 26.2 Å². The lowest BCUT2D eigenvalue weighted by atomic mass is 9.95. The molecule has 0 aliphatic rings. The van der Waals surface area contributed by atoms with Gasteiger partial charge >= 0.3 is 11.9 Å². The average molecular weight is 305 g/mol. The van der Waals surface area contributed by atoms with Crippen molar-refractivity contribution in [3.8, 4) is 11.1 Å². The van der Waals surface area contributed by atoms with Crippen molar-refractivity contribution in [1.29, 1.82) is 0 Å². The van der Waals surface area contributed by atoms with Crippen molar-refractivity contribution in [2.45, 2.75) is 0 Å². The summed E-state index contributed by atoms with van der Waals surface area (Å²) in [6, 6.07) is 11.9. The molecule has 4 nitrogen and oxygen atoms in total. The Bertz CT molecular complexity index is 677. The van der Waals surface area contributed by atoms with Crippen LogP contribution in [0.5, 0.6) is 0 Å². The van der Waals surface area contributed by atoms with E-state index in [0.717, 1.165) is 5.56 Å². The molecule has 0 saturated heterocycles. The second-order valence-corrected chi connectivity index (χ2v) is 4.65. The first-order valence-electron chi connectivity index (χ1n) is 6.14. The number of ether oxygens (including phenoxy) is 2. The van der Waals surface area contributed by atoms with E-state index in [1.807, 2.05) is 0 Å². The van der Waals surface area contributed by atoms with Crippen molar-refractivity contribution in [2.75, 3.05) is 14.2 Å². The van der Waals surface area contributed by atoms with Crippen LogP contribution in [0.2, 0.25) is 5.02 Å². The van der Waals surface area contributed by atoms with Gasteiger partial charge in [0, 0.05) is 5.02 Å². The van der Waals surface area contributed by atoms with Gasteiger partial charge in [0.05, 0.1) is 25.3 Å². The first kappa shape index (κ1) is 15.1. The Morgan fingerprint density at radius 3 is 2.10 bits per heavy atom. The van der Waals surface area contributed by atoms with Gasteiger partial charge in [-0.2, -0.15) is 0 Å². The SMILES string of the molecule is COC(=O)c1cccc(-c2ccc(Cl)cc2)c1C(=O)OC. The number of esters is 2. The van der Waals surface area contributed by atoms with Gasteiger partial charge in [-0.3, -0.25) is 0 Å². The zero-order valence-corrected chi connectivity index (χ0v) is 12.3. The van der Waals surface area contributed by atoms with Crippen molar-refractivity contribution in [1.82, 2.24) is 0 Å². The first-order chi connectivity index (χ1) is 10.1. The molecule has 5 heteroatoms. The molecule has 0 N–H and O–H groups in total. The summed E-state index contributed by atoms with van der Waals surface area (Å²) >= 11 is 5.87. The van der Waals surface area contributed by atoms with Gasteiger partial charge in [0.25, 0.3) is 0 Å². The predicted octanol–water partition coefficient (Wildman–Crippen LogP) is 3.58. The Hall–Kier alpha value is -2.33. The smallest absolute Gasteiger partial charge is 0.339 e. The molecule has 2 rings (SSSR count). The fraction of sp³-hybridized carbons (Fsp3) is 0.125. The van der Waals surface area contributed by atoms with E-state index >= 15 is 0 Å². The minimum absolute atomic E-state index is 0.164. The van der Waals surface area contributed by atoms with E-state index in [-0.39, 0.29) is 11.1 Å². The molecule has 0 radical (unpaired) electrons. The molecule has 0 saturated carbocycles. The van der Waals surface area contributed by atoms with Crippen molar-refractivity contribution < 1.29 is 19.1 Å². The molecule has 0 bridgehead atoms. The fourth-order valence-corrected chi connectivity index (χ4v) is 2.15. The lowest BCUT2D eigenvalue weighted by Gasteiger charge is -2.12. The van der Waals surface area contributed by atoms with Gasteiger partial charge in [0.15, 0.2) is 0 Å². The Labute approximate surface area is 127 Å². The number of benzene rings is 2. The van der Waals surface area contributed by atoms with Crippen LogP contribution in [0, 0.1) is 0 Å². The maximum Gasteiger partial charge on any atom is 0.339 e. The van der Waals surface area contributed by atoms with E-state index in [1.165, 1.54) is 20.3 Å². The lowest BCUT2D eigenvalue weighted by molar-refractivity contribution is 0.0556. The standard InChI is InChI=1S/C16H13ClO4/c1-20-15(18)13-5-3-4-12(14(13)16(19)21-2)10-6-8-11(17)9-7-10/h3-9H,1-2H3. The molecule has 2 aromatic carbocycles. The van der Waals surface area contributed by atoms with Crippen LogP contribution in [0.1, 0.15) is 20.7 Å². The topological polar surface area (TPSA) is 52.6 Å². The third kappa shape index (κ3) is 3.06. The highest BCUT2D eigenvalue weighted by Gasteiger charge is 2.22. The molecular formula is C16H13ClO4. The molecule has 0 unspecified atom stereocenters. The summed E-state index contributed by atoms with van der Waals surface area (Å²) in [6.07, 6.45) is 0. The lowest BCUT2D eigenvalue weighted by Crippen LogP contribution is -2.13. The Morgan fingerprint density at radius 2 is 1.52 bits per heavy atom. The van der Waals surface area contributed by atoms with Gasteiger partial charge in [-0.1, -0.05) is 35.9 Å². The summed E-state index contributed by atoms with van der Waals surface area (Å²) in [5, 5.41) is 0.586. The highest BCUT2D eigenvalue weighted by molar-refractivity contribution is 6.30. The van der Waals surface area contributed by atoms with E-state index in [1.54, 1.807) is 36.4 Å². The Balaban J connectivity index is 2.68. The van der Waals surface area contributed by atoms with E-state index < -0.39 is 11.9 Å². The number of carbonyl (C=O) groups excluding carboxylic acids is 2. The normalized spacial score (nSPS) is 10.0. The summed E-state index contributed by atoms with van der Waals surface area (Å²) < 4.78 is 9.50. The predicted molar refractivity (Wildman–Crippen MR) is 79.6 cm³/mol. The molecular weight excluding hydrogens is 292 g/mol. The molecule has 2 aromatic rings. The van der Waals surface area contributed by atoms with Gasteiger partial charge < -0.3 is 9.47 Å². The van der Waals surface area contributed by atoms with E-state index in [9.17, 15) is 9.59 Å². The third-order valence-electron chi connectivity index (χ3n) is 3.01. The van der Waals surface area contributed by atoms with Crippen LogP contribution < -0.4 is 0 Å². The molecule has 0 fully saturated rings. The van der Waals surface area contributed by atoms with Crippen LogP contribution >= 0.6 is 11.6 Å². The van der Waals surface area contributed by atoms with Gasteiger partial charge in [0.1, 0.15) is 0 Å². The molecule has 0 heterocycles. The molecule has 0 aromatic heterocycles. The van der Waals surface area contributed by atoms with Gasteiger partial charge in [-0.15, -0.1) is 0 Å². The number of methoxy groups -OCH3 is 2. The quantitative estimate of drug-likeness (QED) is 0.813.